The standard InChI is InChI=1S/C12H15BrO2/c1-7-4-8(2)12(10(13)5-7)9(3)6-11(14)15/h4-5,9H,6H2,1-3H3,(H,14,15). The van der Waals surface area contributed by atoms with Gasteiger partial charge in [0, 0.05) is 4.47 Å². The molecule has 0 aliphatic carbocycles. The number of benzene rings is 1. The van der Waals surface area contributed by atoms with Crippen LogP contribution in [0.25, 0.3) is 0 Å². The molecule has 0 amide bonds. The molecular formula is C12H15BrO2. The van der Waals surface area contributed by atoms with Gasteiger partial charge in [0.05, 0.1) is 6.42 Å². The van der Waals surface area contributed by atoms with Crippen molar-refractivity contribution in [3.05, 3.63) is 33.3 Å². The van der Waals surface area contributed by atoms with E-state index in [1.807, 2.05) is 26.8 Å². The first kappa shape index (κ1) is 12.2. The fraction of sp³-hybridized carbons (Fsp3) is 0.417. The third-order valence-electron chi connectivity index (χ3n) is 2.45. The smallest absolute Gasteiger partial charge is 0.303 e. The molecule has 1 aromatic carbocycles. The van der Waals surface area contributed by atoms with Gasteiger partial charge in [0.2, 0.25) is 0 Å². The van der Waals surface area contributed by atoms with Crippen LogP contribution in [0.5, 0.6) is 0 Å². The Bertz CT molecular complexity index is 362. The van der Waals surface area contributed by atoms with Crippen LogP contribution in [0.3, 0.4) is 0 Å². The Hall–Kier alpha value is -0.830. The third kappa shape index (κ3) is 3.06. The minimum Gasteiger partial charge on any atom is -0.481 e. The quantitative estimate of drug-likeness (QED) is 0.911. The molecule has 0 radical (unpaired) electrons. The zero-order chi connectivity index (χ0) is 11.6. The number of carboxylic acid groups (broad SMARTS) is 1. The number of aryl methyl sites for hydroxylation is 2. The first-order chi connectivity index (χ1) is 6.91. The van der Waals surface area contributed by atoms with Crippen molar-refractivity contribution in [2.24, 2.45) is 0 Å². The molecule has 3 heteroatoms. The van der Waals surface area contributed by atoms with Gasteiger partial charge in [-0.2, -0.15) is 0 Å². The fourth-order valence-corrected chi connectivity index (χ4v) is 2.98. The Morgan fingerprint density at radius 3 is 2.53 bits per heavy atom. The summed E-state index contributed by atoms with van der Waals surface area (Å²) in [5, 5.41) is 8.77. The molecule has 0 fully saturated rings. The third-order valence-corrected chi connectivity index (χ3v) is 3.11. The highest BCUT2D eigenvalue weighted by atomic mass is 79.9. The summed E-state index contributed by atoms with van der Waals surface area (Å²) in [4.78, 5) is 10.7. The number of carboxylic acids is 1. The van der Waals surface area contributed by atoms with E-state index in [1.165, 1.54) is 5.56 Å². The molecule has 0 heterocycles. The molecule has 1 unspecified atom stereocenters. The molecule has 0 saturated carbocycles. The van der Waals surface area contributed by atoms with Crippen LogP contribution in [0.4, 0.5) is 0 Å². The van der Waals surface area contributed by atoms with Crippen LogP contribution in [0.15, 0.2) is 16.6 Å². The maximum absolute atomic E-state index is 10.7. The molecule has 0 aliphatic rings. The number of hydrogen-bond donors (Lipinski definition) is 1. The van der Waals surface area contributed by atoms with Gasteiger partial charge in [-0.25, -0.2) is 0 Å². The molecule has 0 spiro atoms. The zero-order valence-corrected chi connectivity index (χ0v) is 10.8. The average Bonchev–Trinajstić information content (AvgIpc) is 1.99. The minimum absolute atomic E-state index is 0.0393. The van der Waals surface area contributed by atoms with Gasteiger partial charge in [-0.3, -0.25) is 4.79 Å². The second-order valence-corrected chi connectivity index (χ2v) is 4.83. The monoisotopic (exact) mass is 270 g/mol. The van der Waals surface area contributed by atoms with Crippen molar-refractivity contribution in [3.63, 3.8) is 0 Å². The summed E-state index contributed by atoms with van der Waals surface area (Å²) in [5.74, 6) is -0.716. The van der Waals surface area contributed by atoms with Gasteiger partial charge in [-0.1, -0.05) is 28.9 Å². The van der Waals surface area contributed by atoms with E-state index in [-0.39, 0.29) is 12.3 Å². The van der Waals surface area contributed by atoms with Gasteiger partial charge in [0.15, 0.2) is 0 Å². The molecular weight excluding hydrogens is 256 g/mol. The van der Waals surface area contributed by atoms with E-state index in [0.717, 1.165) is 15.6 Å². The second-order valence-electron chi connectivity index (χ2n) is 3.98. The lowest BCUT2D eigenvalue weighted by atomic mass is 9.93. The van der Waals surface area contributed by atoms with Gasteiger partial charge < -0.3 is 5.11 Å². The van der Waals surface area contributed by atoms with Gasteiger partial charge in [-0.05, 0) is 42.5 Å². The normalized spacial score (nSPS) is 12.5. The Morgan fingerprint density at radius 2 is 2.07 bits per heavy atom. The predicted molar refractivity (Wildman–Crippen MR) is 64.3 cm³/mol. The van der Waals surface area contributed by atoms with Gasteiger partial charge >= 0.3 is 5.97 Å². The van der Waals surface area contributed by atoms with Gasteiger partial charge in [0.1, 0.15) is 0 Å². The van der Waals surface area contributed by atoms with Crippen molar-refractivity contribution in [1.82, 2.24) is 0 Å². The zero-order valence-electron chi connectivity index (χ0n) is 9.17. The summed E-state index contributed by atoms with van der Waals surface area (Å²) < 4.78 is 1.01. The van der Waals surface area contributed by atoms with Crippen LogP contribution in [-0.2, 0) is 4.79 Å². The van der Waals surface area contributed by atoms with Crippen molar-refractivity contribution in [1.29, 1.82) is 0 Å². The first-order valence-corrected chi connectivity index (χ1v) is 5.69. The van der Waals surface area contributed by atoms with Crippen molar-refractivity contribution < 1.29 is 9.90 Å². The Morgan fingerprint density at radius 1 is 1.47 bits per heavy atom. The molecule has 1 atom stereocenters. The van der Waals surface area contributed by atoms with Crippen molar-refractivity contribution in [3.8, 4) is 0 Å². The fourth-order valence-electron chi connectivity index (χ4n) is 1.91. The molecule has 1 N–H and O–H groups in total. The van der Waals surface area contributed by atoms with E-state index >= 15 is 0 Å². The van der Waals surface area contributed by atoms with E-state index < -0.39 is 5.97 Å². The topological polar surface area (TPSA) is 37.3 Å². The van der Waals surface area contributed by atoms with Gasteiger partial charge in [-0.15, -0.1) is 0 Å². The number of aliphatic carboxylic acids is 1. The van der Waals surface area contributed by atoms with Crippen LogP contribution in [-0.4, -0.2) is 11.1 Å². The highest BCUT2D eigenvalue weighted by Crippen LogP contribution is 2.31. The molecule has 15 heavy (non-hydrogen) atoms. The van der Waals surface area contributed by atoms with Crippen LogP contribution < -0.4 is 0 Å². The molecule has 82 valence electrons. The molecule has 1 rings (SSSR count). The SMILES string of the molecule is Cc1cc(C)c(C(C)CC(=O)O)c(Br)c1. The molecule has 1 aromatic rings. The summed E-state index contributed by atoms with van der Waals surface area (Å²) >= 11 is 3.50. The van der Waals surface area contributed by atoms with E-state index in [0.29, 0.717) is 0 Å². The summed E-state index contributed by atoms with van der Waals surface area (Å²) in [7, 11) is 0. The minimum atomic E-state index is -0.755. The van der Waals surface area contributed by atoms with E-state index in [4.69, 9.17) is 5.11 Å². The summed E-state index contributed by atoms with van der Waals surface area (Å²) in [6.07, 6.45) is 0.169. The van der Waals surface area contributed by atoms with Crippen molar-refractivity contribution >= 4 is 21.9 Å². The van der Waals surface area contributed by atoms with Crippen LogP contribution in [0.1, 0.15) is 36.0 Å². The van der Waals surface area contributed by atoms with Crippen molar-refractivity contribution in [2.75, 3.05) is 0 Å². The largest absolute Gasteiger partial charge is 0.481 e. The molecule has 0 aromatic heterocycles. The predicted octanol–water partition coefficient (Wildman–Crippen LogP) is 3.64. The Balaban J connectivity index is 3.08. The lowest BCUT2D eigenvalue weighted by Crippen LogP contribution is -2.05. The van der Waals surface area contributed by atoms with E-state index in [1.54, 1.807) is 0 Å². The summed E-state index contributed by atoms with van der Waals surface area (Å²) in [5.41, 5.74) is 3.43. The Kier molecular flexibility index (Phi) is 3.91. The molecule has 0 saturated heterocycles. The first-order valence-electron chi connectivity index (χ1n) is 4.90. The van der Waals surface area contributed by atoms with E-state index in [2.05, 4.69) is 22.0 Å². The molecule has 0 aliphatic heterocycles. The number of rotatable bonds is 3. The molecule has 0 bridgehead atoms. The van der Waals surface area contributed by atoms with Crippen LogP contribution in [0, 0.1) is 13.8 Å². The van der Waals surface area contributed by atoms with Crippen molar-refractivity contribution in [2.45, 2.75) is 33.1 Å². The second kappa shape index (κ2) is 4.79. The number of carbonyl (C=O) groups is 1. The highest BCUT2D eigenvalue weighted by Gasteiger charge is 2.15. The maximum Gasteiger partial charge on any atom is 0.303 e. The lowest BCUT2D eigenvalue weighted by Gasteiger charge is -2.15. The average molecular weight is 271 g/mol. The summed E-state index contributed by atoms with van der Waals surface area (Å²) in [6, 6.07) is 4.11. The van der Waals surface area contributed by atoms with Gasteiger partial charge in [0.25, 0.3) is 0 Å². The number of hydrogen-bond acceptors (Lipinski definition) is 1. The summed E-state index contributed by atoms with van der Waals surface area (Å²) in [6.45, 7) is 5.99. The number of halogens is 1. The van der Waals surface area contributed by atoms with Crippen LogP contribution >= 0.6 is 15.9 Å². The van der Waals surface area contributed by atoms with E-state index in [9.17, 15) is 4.79 Å². The Labute approximate surface area is 98.4 Å². The maximum atomic E-state index is 10.7. The lowest BCUT2D eigenvalue weighted by molar-refractivity contribution is -0.137. The van der Waals surface area contributed by atoms with Crippen LogP contribution in [0.2, 0.25) is 0 Å². The highest BCUT2D eigenvalue weighted by molar-refractivity contribution is 9.10. The molecule has 2 nitrogen and oxygen atoms in total.